The zero-order chi connectivity index (χ0) is 14.0. The second-order valence-electron chi connectivity index (χ2n) is 3.88. The van der Waals surface area contributed by atoms with E-state index in [2.05, 4.69) is 21.4 Å². The van der Waals surface area contributed by atoms with Gasteiger partial charge in [-0.05, 0) is 39.7 Å². The summed E-state index contributed by atoms with van der Waals surface area (Å²) in [6, 6.07) is 8.35. The number of halogens is 4. The Balaban J connectivity index is 2.61. The van der Waals surface area contributed by atoms with Crippen molar-refractivity contribution in [3.63, 3.8) is 0 Å². The fourth-order valence-corrected chi connectivity index (χ4v) is 2.44. The van der Waals surface area contributed by atoms with Gasteiger partial charge >= 0.3 is 0 Å². The number of nitrogens with one attached hydrogen (secondary N) is 1. The minimum atomic E-state index is -0.869. The van der Waals surface area contributed by atoms with Crippen LogP contribution in [0.4, 0.5) is 8.78 Å². The molecule has 0 amide bonds. The third-order valence-corrected chi connectivity index (χ3v) is 3.71. The average molecular weight is 348 g/mol. The molecule has 0 heterocycles. The van der Waals surface area contributed by atoms with Crippen molar-refractivity contribution in [3.8, 4) is 0 Å². The predicted octanol–water partition coefficient (Wildman–Crippen LogP) is 3.93. The maximum Gasteiger partial charge on any atom is 0.145 e. The number of nitrogens with two attached hydrogens (primary N) is 1. The number of hydrazine groups is 1. The first-order valence-corrected chi connectivity index (χ1v) is 6.57. The Labute approximate surface area is 122 Å². The molecule has 0 aliphatic rings. The van der Waals surface area contributed by atoms with Crippen LogP contribution in [0.25, 0.3) is 0 Å². The van der Waals surface area contributed by atoms with Crippen molar-refractivity contribution in [1.29, 1.82) is 0 Å². The minimum Gasteiger partial charge on any atom is -0.271 e. The molecule has 2 aromatic carbocycles. The molecule has 0 aliphatic heterocycles. The first-order chi connectivity index (χ1) is 9.06. The maximum atomic E-state index is 14.1. The molecule has 1 unspecified atom stereocenters. The molecule has 1 atom stereocenters. The number of hydrogen-bond acceptors (Lipinski definition) is 2. The highest BCUT2D eigenvalue weighted by molar-refractivity contribution is 9.10. The van der Waals surface area contributed by atoms with Gasteiger partial charge in [-0.2, -0.15) is 0 Å². The molecule has 100 valence electrons. The molecule has 0 fully saturated rings. The van der Waals surface area contributed by atoms with E-state index >= 15 is 0 Å². The van der Waals surface area contributed by atoms with Crippen molar-refractivity contribution in [2.24, 2.45) is 5.84 Å². The van der Waals surface area contributed by atoms with Crippen LogP contribution in [0.3, 0.4) is 0 Å². The molecule has 0 aliphatic carbocycles. The molecule has 2 rings (SSSR count). The van der Waals surface area contributed by atoms with E-state index in [1.165, 1.54) is 12.1 Å². The van der Waals surface area contributed by atoms with Gasteiger partial charge in [-0.15, -0.1) is 0 Å². The molecule has 0 saturated heterocycles. The lowest BCUT2D eigenvalue weighted by atomic mass is 9.98. The number of hydrogen-bond donors (Lipinski definition) is 2. The Bertz CT molecular complexity index is 607. The molecule has 2 aromatic rings. The summed E-state index contributed by atoms with van der Waals surface area (Å²) in [7, 11) is 0. The number of rotatable bonds is 3. The van der Waals surface area contributed by atoms with Crippen LogP contribution in [0.15, 0.2) is 40.9 Å². The van der Waals surface area contributed by atoms with Gasteiger partial charge < -0.3 is 0 Å². The molecular formula is C13H10BrClF2N2. The summed E-state index contributed by atoms with van der Waals surface area (Å²) in [6.07, 6.45) is 0. The molecule has 0 bridgehead atoms. The summed E-state index contributed by atoms with van der Waals surface area (Å²) in [5, 5.41) is 0.379. The third kappa shape index (κ3) is 2.79. The van der Waals surface area contributed by atoms with Crippen molar-refractivity contribution >= 4 is 27.5 Å². The minimum absolute atomic E-state index is 0.163. The zero-order valence-electron chi connectivity index (χ0n) is 9.63. The normalized spacial score (nSPS) is 12.5. The van der Waals surface area contributed by atoms with E-state index < -0.39 is 17.7 Å². The average Bonchev–Trinajstić information content (AvgIpc) is 2.40. The predicted molar refractivity (Wildman–Crippen MR) is 74.7 cm³/mol. The van der Waals surface area contributed by atoms with Crippen LogP contribution in [0, 0.1) is 11.6 Å². The van der Waals surface area contributed by atoms with Crippen molar-refractivity contribution < 1.29 is 8.78 Å². The quantitative estimate of drug-likeness (QED) is 0.501. The van der Waals surface area contributed by atoms with Gasteiger partial charge in [0.2, 0.25) is 0 Å². The van der Waals surface area contributed by atoms with Crippen molar-refractivity contribution in [3.05, 3.63) is 68.7 Å². The largest absolute Gasteiger partial charge is 0.271 e. The summed E-state index contributed by atoms with van der Waals surface area (Å²) >= 11 is 9.07. The Hall–Kier alpha value is -1.01. The Morgan fingerprint density at radius 2 is 1.84 bits per heavy atom. The van der Waals surface area contributed by atoms with E-state index in [-0.39, 0.29) is 10.0 Å². The first kappa shape index (κ1) is 14.4. The topological polar surface area (TPSA) is 38.0 Å². The van der Waals surface area contributed by atoms with Crippen LogP contribution in [-0.4, -0.2) is 0 Å². The highest BCUT2D eigenvalue weighted by Crippen LogP contribution is 2.33. The van der Waals surface area contributed by atoms with Crippen molar-refractivity contribution in [2.45, 2.75) is 6.04 Å². The second-order valence-corrected chi connectivity index (χ2v) is 5.14. The van der Waals surface area contributed by atoms with Crippen LogP contribution in [0.2, 0.25) is 5.02 Å². The van der Waals surface area contributed by atoms with Gasteiger partial charge in [-0.3, -0.25) is 5.84 Å². The summed E-state index contributed by atoms with van der Waals surface area (Å²) in [5.74, 6) is 4.04. The monoisotopic (exact) mass is 346 g/mol. The first-order valence-electron chi connectivity index (χ1n) is 5.40. The maximum absolute atomic E-state index is 14.1. The van der Waals surface area contributed by atoms with Gasteiger partial charge in [0.05, 0.1) is 10.5 Å². The van der Waals surface area contributed by atoms with E-state index in [4.69, 9.17) is 17.4 Å². The molecule has 3 N–H and O–H groups in total. The molecule has 0 radical (unpaired) electrons. The lowest BCUT2D eigenvalue weighted by Gasteiger charge is -2.19. The van der Waals surface area contributed by atoms with E-state index in [9.17, 15) is 8.78 Å². The summed E-state index contributed by atoms with van der Waals surface area (Å²) in [4.78, 5) is 0. The van der Waals surface area contributed by atoms with E-state index in [0.717, 1.165) is 0 Å². The zero-order valence-corrected chi connectivity index (χ0v) is 12.0. The summed E-state index contributed by atoms with van der Waals surface area (Å²) < 4.78 is 28.1. The highest BCUT2D eigenvalue weighted by atomic mass is 79.9. The van der Waals surface area contributed by atoms with Crippen LogP contribution in [-0.2, 0) is 0 Å². The molecule has 0 saturated carbocycles. The third-order valence-electron chi connectivity index (χ3n) is 2.75. The Morgan fingerprint density at radius 1 is 1.16 bits per heavy atom. The SMILES string of the molecule is NNC(c1ccccc1Cl)c1c(F)ccc(Br)c1F. The van der Waals surface area contributed by atoms with Gasteiger partial charge in [0.15, 0.2) is 0 Å². The van der Waals surface area contributed by atoms with Gasteiger partial charge in [0.1, 0.15) is 11.6 Å². The second kappa shape index (κ2) is 5.96. The highest BCUT2D eigenvalue weighted by Gasteiger charge is 2.24. The Morgan fingerprint density at radius 3 is 2.47 bits per heavy atom. The lowest BCUT2D eigenvalue weighted by Crippen LogP contribution is -2.30. The van der Waals surface area contributed by atoms with E-state index in [1.54, 1.807) is 24.3 Å². The van der Waals surface area contributed by atoms with Crippen molar-refractivity contribution in [2.75, 3.05) is 0 Å². The summed E-state index contributed by atoms with van der Waals surface area (Å²) in [5.41, 5.74) is 2.73. The molecule has 0 aromatic heterocycles. The molecule has 6 heteroatoms. The van der Waals surface area contributed by atoms with Crippen molar-refractivity contribution in [1.82, 2.24) is 5.43 Å². The standard InChI is InChI=1S/C13H10BrClF2N2/c14-8-5-6-10(16)11(12(8)17)13(19-18)7-3-1-2-4-9(7)15/h1-6,13,19H,18H2. The van der Waals surface area contributed by atoms with Gasteiger partial charge in [0, 0.05) is 10.6 Å². The molecule has 0 spiro atoms. The fourth-order valence-electron chi connectivity index (χ4n) is 1.85. The van der Waals surface area contributed by atoms with Crippen LogP contribution in [0.5, 0.6) is 0 Å². The fraction of sp³-hybridized carbons (Fsp3) is 0.0769. The van der Waals surface area contributed by atoms with E-state index in [1.807, 2.05) is 0 Å². The van der Waals surface area contributed by atoms with Crippen LogP contribution < -0.4 is 11.3 Å². The molecule has 2 nitrogen and oxygen atoms in total. The van der Waals surface area contributed by atoms with Gasteiger partial charge in [-0.25, -0.2) is 14.2 Å². The van der Waals surface area contributed by atoms with E-state index in [0.29, 0.717) is 10.6 Å². The lowest BCUT2D eigenvalue weighted by molar-refractivity contribution is 0.507. The molecule has 19 heavy (non-hydrogen) atoms. The van der Waals surface area contributed by atoms with Crippen LogP contribution >= 0.6 is 27.5 Å². The number of benzene rings is 2. The smallest absolute Gasteiger partial charge is 0.145 e. The van der Waals surface area contributed by atoms with Gasteiger partial charge in [0.25, 0.3) is 0 Å². The molecular weight excluding hydrogens is 338 g/mol. The summed E-state index contributed by atoms with van der Waals surface area (Å²) in [6.45, 7) is 0. The van der Waals surface area contributed by atoms with Crippen LogP contribution in [0.1, 0.15) is 17.2 Å². The Kier molecular flexibility index (Phi) is 4.52. The van der Waals surface area contributed by atoms with Gasteiger partial charge in [-0.1, -0.05) is 29.8 Å².